The topological polar surface area (TPSA) is 51.4 Å². The molecule has 0 aliphatic carbocycles. The fourth-order valence-electron chi connectivity index (χ4n) is 1.87. The van der Waals surface area contributed by atoms with Gasteiger partial charge in [0.2, 0.25) is 5.88 Å². The third kappa shape index (κ3) is 3.22. The largest absolute Gasteiger partial charge is 0.476 e. The summed E-state index contributed by atoms with van der Waals surface area (Å²) in [6.45, 7) is 4.85. The van der Waals surface area contributed by atoms with Crippen molar-refractivity contribution < 1.29 is 4.74 Å². The molecule has 20 heavy (non-hydrogen) atoms. The molecule has 2 heterocycles. The number of anilines is 2. The number of hydrogen-bond acceptors (Lipinski definition) is 5. The normalized spacial score (nSPS) is 12.2. The molecule has 0 saturated carbocycles. The Kier molecular flexibility index (Phi) is 4.84. The van der Waals surface area contributed by atoms with Gasteiger partial charge in [-0.3, -0.25) is 0 Å². The summed E-state index contributed by atoms with van der Waals surface area (Å²) in [5, 5.41) is 2.09. The molecule has 0 spiro atoms. The number of nitrogens with two attached hydrogens (primary N) is 1. The Balaban J connectivity index is 2.19. The Morgan fingerprint density at radius 3 is 2.85 bits per heavy atom. The van der Waals surface area contributed by atoms with Crippen molar-refractivity contribution in [1.82, 2.24) is 4.98 Å². The summed E-state index contributed by atoms with van der Waals surface area (Å²) in [5.74, 6) is 1.39. The highest BCUT2D eigenvalue weighted by Gasteiger charge is 2.15. The molecule has 108 valence electrons. The maximum atomic E-state index is 5.90. The van der Waals surface area contributed by atoms with Crippen molar-refractivity contribution in [3.63, 3.8) is 0 Å². The third-order valence-corrected chi connectivity index (χ3v) is 4.26. The van der Waals surface area contributed by atoms with Gasteiger partial charge >= 0.3 is 0 Å². The average Bonchev–Trinajstić information content (AvgIpc) is 2.99. The van der Waals surface area contributed by atoms with Crippen LogP contribution in [-0.2, 0) is 0 Å². The van der Waals surface area contributed by atoms with Crippen LogP contribution in [0.3, 0.4) is 0 Å². The molecule has 2 rings (SSSR count). The number of nitrogens with zero attached hydrogens (tertiary/aromatic N) is 2. The van der Waals surface area contributed by atoms with Gasteiger partial charge in [0.05, 0.1) is 18.3 Å². The van der Waals surface area contributed by atoms with Crippen LogP contribution >= 0.6 is 11.3 Å². The first-order valence-electron chi connectivity index (χ1n) is 6.79. The first kappa shape index (κ1) is 14.7. The highest BCUT2D eigenvalue weighted by molar-refractivity contribution is 7.10. The van der Waals surface area contributed by atoms with Gasteiger partial charge in [0.25, 0.3) is 0 Å². The zero-order chi connectivity index (χ0) is 14.5. The minimum Gasteiger partial charge on any atom is -0.476 e. The molecule has 5 heteroatoms. The van der Waals surface area contributed by atoms with Crippen LogP contribution < -0.4 is 15.4 Å². The van der Waals surface area contributed by atoms with Gasteiger partial charge in [0.15, 0.2) is 0 Å². The van der Waals surface area contributed by atoms with Crippen molar-refractivity contribution in [3.8, 4) is 5.88 Å². The van der Waals surface area contributed by atoms with Crippen molar-refractivity contribution in [2.75, 3.05) is 24.3 Å². The van der Waals surface area contributed by atoms with E-state index in [0.717, 1.165) is 12.2 Å². The Hall–Kier alpha value is -1.75. The van der Waals surface area contributed by atoms with Crippen LogP contribution in [0, 0.1) is 0 Å². The van der Waals surface area contributed by atoms with Crippen molar-refractivity contribution in [2.45, 2.75) is 26.3 Å². The fourth-order valence-corrected chi connectivity index (χ4v) is 2.70. The van der Waals surface area contributed by atoms with E-state index in [2.05, 4.69) is 41.2 Å². The molecule has 2 aromatic rings. The first-order chi connectivity index (χ1) is 9.63. The highest BCUT2D eigenvalue weighted by atomic mass is 32.1. The molecule has 2 N–H and O–H groups in total. The second-order valence-corrected chi connectivity index (χ2v) is 5.69. The van der Waals surface area contributed by atoms with Gasteiger partial charge in [-0.05, 0) is 36.9 Å². The van der Waals surface area contributed by atoms with Gasteiger partial charge in [-0.25, -0.2) is 0 Å². The molecule has 1 unspecified atom stereocenters. The molecular weight excluding hydrogens is 270 g/mol. The molecule has 0 aliphatic rings. The predicted molar refractivity (Wildman–Crippen MR) is 85.6 cm³/mol. The maximum Gasteiger partial charge on any atom is 0.239 e. The van der Waals surface area contributed by atoms with Crippen LogP contribution in [0.15, 0.2) is 29.6 Å². The number of pyridine rings is 1. The number of aromatic nitrogens is 1. The van der Waals surface area contributed by atoms with E-state index in [1.165, 1.54) is 4.88 Å². The maximum absolute atomic E-state index is 5.90. The Labute approximate surface area is 124 Å². The smallest absolute Gasteiger partial charge is 0.239 e. The van der Waals surface area contributed by atoms with E-state index >= 15 is 0 Å². The lowest BCUT2D eigenvalue weighted by Gasteiger charge is -2.25. The summed E-state index contributed by atoms with van der Waals surface area (Å²) in [6, 6.07) is 8.25. The van der Waals surface area contributed by atoms with Gasteiger partial charge in [-0.2, -0.15) is 4.98 Å². The van der Waals surface area contributed by atoms with Crippen LogP contribution in [0.4, 0.5) is 11.5 Å². The van der Waals surface area contributed by atoms with E-state index in [-0.39, 0.29) is 6.04 Å². The molecule has 0 radical (unpaired) electrons. The second kappa shape index (κ2) is 6.61. The second-order valence-electron chi connectivity index (χ2n) is 4.71. The molecule has 0 amide bonds. The number of nitrogen functional groups attached to an aromatic ring is 1. The van der Waals surface area contributed by atoms with Crippen LogP contribution in [0.2, 0.25) is 0 Å². The minimum atomic E-state index is 0.269. The number of ether oxygens (including phenoxy) is 1. The van der Waals surface area contributed by atoms with E-state index in [4.69, 9.17) is 10.5 Å². The SMILES string of the molecule is CCCOc1nc(N(C)C(C)c2cccs2)ccc1N. The summed E-state index contributed by atoms with van der Waals surface area (Å²) in [5.41, 5.74) is 6.48. The molecule has 0 fully saturated rings. The van der Waals surface area contributed by atoms with Crippen molar-refractivity contribution in [1.29, 1.82) is 0 Å². The van der Waals surface area contributed by atoms with E-state index in [1.54, 1.807) is 11.3 Å². The van der Waals surface area contributed by atoms with E-state index < -0.39 is 0 Å². The summed E-state index contributed by atoms with van der Waals surface area (Å²) in [6.07, 6.45) is 0.937. The lowest BCUT2D eigenvalue weighted by atomic mass is 10.2. The van der Waals surface area contributed by atoms with Crippen LogP contribution in [-0.4, -0.2) is 18.6 Å². The lowest BCUT2D eigenvalue weighted by Crippen LogP contribution is -2.22. The molecule has 2 aromatic heterocycles. The number of thiophene rings is 1. The quantitative estimate of drug-likeness (QED) is 0.881. The van der Waals surface area contributed by atoms with E-state index in [9.17, 15) is 0 Å². The van der Waals surface area contributed by atoms with Gasteiger partial charge in [-0.15, -0.1) is 11.3 Å². The Morgan fingerprint density at radius 1 is 1.40 bits per heavy atom. The molecule has 4 nitrogen and oxygen atoms in total. The zero-order valence-corrected chi connectivity index (χ0v) is 13.0. The monoisotopic (exact) mass is 291 g/mol. The van der Waals surface area contributed by atoms with Crippen molar-refractivity contribution in [3.05, 3.63) is 34.5 Å². The van der Waals surface area contributed by atoms with E-state index in [0.29, 0.717) is 18.2 Å². The van der Waals surface area contributed by atoms with Crippen LogP contribution in [0.25, 0.3) is 0 Å². The van der Waals surface area contributed by atoms with Crippen LogP contribution in [0.5, 0.6) is 5.88 Å². The molecule has 1 atom stereocenters. The predicted octanol–water partition coefficient (Wildman–Crippen LogP) is 3.71. The number of hydrogen-bond donors (Lipinski definition) is 1. The van der Waals surface area contributed by atoms with Crippen LogP contribution in [0.1, 0.15) is 31.2 Å². The molecule has 0 bridgehead atoms. The summed E-state index contributed by atoms with van der Waals surface area (Å²) >= 11 is 1.75. The summed E-state index contributed by atoms with van der Waals surface area (Å²) in [7, 11) is 2.03. The van der Waals surface area contributed by atoms with Crippen molar-refractivity contribution >= 4 is 22.8 Å². The lowest BCUT2D eigenvalue weighted by molar-refractivity contribution is 0.307. The molecular formula is C15H21N3OS. The number of rotatable bonds is 6. The van der Waals surface area contributed by atoms with Gasteiger partial charge in [0, 0.05) is 11.9 Å². The Morgan fingerprint density at radius 2 is 2.20 bits per heavy atom. The standard InChI is InChI=1S/C15H21N3OS/c1-4-9-19-15-12(16)7-8-14(17-15)18(3)11(2)13-6-5-10-20-13/h5-8,10-11H,4,9,16H2,1-3H3. The fraction of sp³-hybridized carbons (Fsp3) is 0.400. The van der Waals surface area contributed by atoms with Gasteiger partial charge in [-0.1, -0.05) is 13.0 Å². The molecule has 0 aromatic carbocycles. The first-order valence-corrected chi connectivity index (χ1v) is 7.67. The van der Waals surface area contributed by atoms with Gasteiger partial charge < -0.3 is 15.4 Å². The minimum absolute atomic E-state index is 0.269. The molecule has 0 saturated heterocycles. The highest BCUT2D eigenvalue weighted by Crippen LogP contribution is 2.29. The summed E-state index contributed by atoms with van der Waals surface area (Å²) in [4.78, 5) is 7.96. The molecule has 0 aliphatic heterocycles. The van der Waals surface area contributed by atoms with Crippen molar-refractivity contribution in [2.24, 2.45) is 0 Å². The third-order valence-electron chi connectivity index (χ3n) is 3.22. The summed E-state index contributed by atoms with van der Waals surface area (Å²) < 4.78 is 5.59. The average molecular weight is 291 g/mol. The zero-order valence-electron chi connectivity index (χ0n) is 12.2. The Bertz CT molecular complexity index is 542. The van der Waals surface area contributed by atoms with Gasteiger partial charge in [0.1, 0.15) is 5.82 Å². The van der Waals surface area contributed by atoms with E-state index in [1.807, 2.05) is 19.2 Å².